The van der Waals surface area contributed by atoms with Crippen molar-refractivity contribution in [3.8, 4) is 11.5 Å². The fourth-order valence-corrected chi connectivity index (χ4v) is 3.70. The van der Waals surface area contributed by atoms with Crippen molar-refractivity contribution in [2.75, 3.05) is 49.7 Å². The topological polar surface area (TPSA) is 97.6 Å². The smallest absolute Gasteiger partial charge is 0.238 e. The predicted octanol–water partition coefficient (Wildman–Crippen LogP) is 0.853. The lowest BCUT2D eigenvalue weighted by atomic mass is 10.2. The number of piperazine rings is 1. The Kier molecular flexibility index (Phi) is 4.39. The zero-order valence-electron chi connectivity index (χ0n) is 16.0. The van der Waals surface area contributed by atoms with Gasteiger partial charge < -0.3 is 19.7 Å². The van der Waals surface area contributed by atoms with Gasteiger partial charge in [0.05, 0.1) is 18.1 Å². The van der Waals surface area contributed by atoms with Crippen molar-refractivity contribution in [1.29, 1.82) is 0 Å². The molecule has 4 heterocycles. The van der Waals surface area contributed by atoms with E-state index in [1.807, 2.05) is 13.1 Å². The average molecular weight is 395 g/mol. The highest BCUT2D eigenvalue weighted by Gasteiger charge is 2.22. The number of aromatic nitrogens is 4. The molecular formula is C19H21N7O3. The van der Waals surface area contributed by atoms with Crippen LogP contribution in [0.15, 0.2) is 30.7 Å². The van der Waals surface area contributed by atoms with Gasteiger partial charge in [-0.05, 0) is 12.1 Å². The van der Waals surface area contributed by atoms with Gasteiger partial charge in [-0.25, -0.2) is 9.97 Å². The monoisotopic (exact) mass is 395 g/mol. The van der Waals surface area contributed by atoms with E-state index in [-0.39, 0.29) is 12.7 Å². The zero-order chi connectivity index (χ0) is 19.8. The Morgan fingerprint density at radius 1 is 1.14 bits per heavy atom. The molecule has 0 unspecified atom stereocenters. The quantitative estimate of drug-likeness (QED) is 0.695. The van der Waals surface area contributed by atoms with Crippen molar-refractivity contribution in [3.63, 3.8) is 0 Å². The lowest BCUT2D eigenvalue weighted by Crippen LogP contribution is -2.49. The second-order valence-electron chi connectivity index (χ2n) is 7.08. The second-order valence-corrected chi connectivity index (χ2v) is 7.08. The number of carbonyl (C=O) groups excluding carboxylic acids is 1. The van der Waals surface area contributed by atoms with Crippen LogP contribution in [0.5, 0.6) is 11.5 Å². The van der Waals surface area contributed by atoms with Crippen LogP contribution in [0, 0.1) is 0 Å². The van der Waals surface area contributed by atoms with E-state index in [1.54, 1.807) is 29.3 Å². The Bertz CT molecular complexity index is 1060. The number of anilines is 2. The molecule has 2 aliphatic heterocycles. The SMILES string of the molecule is Cn1ncc2c(N3CCN(CC(=O)Nc4ccc5c(c4)OCO5)CC3)ncnc21. The van der Waals surface area contributed by atoms with Gasteiger partial charge in [0.25, 0.3) is 0 Å². The molecule has 0 spiro atoms. The zero-order valence-corrected chi connectivity index (χ0v) is 16.0. The molecule has 0 aliphatic carbocycles. The molecule has 0 radical (unpaired) electrons. The van der Waals surface area contributed by atoms with Crippen molar-refractivity contribution in [1.82, 2.24) is 24.6 Å². The summed E-state index contributed by atoms with van der Waals surface area (Å²) >= 11 is 0. The summed E-state index contributed by atoms with van der Waals surface area (Å²) in [6.45, 7) is 3.69. The molecule has 150 valence electrons. The van der Waals surface area contributed by atoms with E-state index in [0.29, 0.717) is 23.7 Å². The molecule has 5 rings (SSSR count). The third-order valence-electron chi connectivity index (χ3n) is 5.20. The van der Waals surface area contributed by atoms with Crippen molar-refractivity contribution < 1.29 is 14.3 Å². The number of hydrogen-bond acceptors (Lipinski definition) is 8. The minimum Gasteiger partial charge on any atom is -0.454 e. The van der Waals surface area contributed by atoms with E-state index in [2.05, 4.69) is 30.2 Å². The number of fused-ring (bicyclic) bond motifs is 2. The van der Waals surface area contributed by atoms with Gasteiger partial charge >= 0.3 is 0 Å². The van der Waals surface area contributed by atoms with Crippen molar-refractivity contribution in [2.45, 2.75) is 0 Å². The lowest BCUT2D eigenvalue weighted by molar-refractivity contribution is -0.117. The summed E-state index contributed by atoms with van der Waals surface area (Å²) in [5.41, 5.74) is 1.53. The molecule has 2 aliphatic rings. The van der Waals surface area contributed by atoms with E-state index in [1.165, 1.54) is 0 Å². The van der Waals surface area contributed by atoms with Crippen LogP contribution in [0.2, 0.25) is 0 Å². The summed E-state index contributed by atoms with van der Waals surface area (Å²) in [7, 11) is 1.87. The van der Waals surface area contributed by atoms with Crippen LogP contribution in [0.1, 0.15) is 0 Å². The van der Waals surface area contributed by atoms with Gasteiger partial charge in [0.2, 0.25) is 12.7 Å². The molecule has 1 N–H and O–H groups in total. The first kappa shape index (κ1) is 17.7. The average Bonchev–Trinajstić information content (AvgIpc) is 3.35. The fraction of sp³-hybridized carbons (Fsp3) is 0.368. The van der Waals surface area contributed by atoms with E-state index in [0.717, 1.165) is 43.0 Å². The number of amides is 1. The number of nitrogens with zero attached hydrogens (tertiary/aromatic N) is 6. The van der Waals surface area contributed by atoms with Crippen molar-refractivity contribution >= 4 is 28.4 Å². The number of aryl methyl sites for hydroxylation is 1. The summed E-state index contributed by atoms with van der Waals surface area (Å²) in [5.74, 6) is 2.20. The Morgan fingerprint density at radius 2 is 1.97 bits per heavy atom. The lowest BCUT2D eigenvalue weighted by Gasteiger charge is -2.35. The number of benzene rings is 1. The van der Waals surface area contributed by atoms with Gasteiger partial charge in [-0.15, -0.1) is 0 Å². The second kappa shape index (κ2) is 7.21. The molecule has 1 saturated heterocycles. The van der Waals surface area contributed by atoms with E-state index in [9.17, 15) is 4.79 Å². The predicted molar refractivity (Wildman–Crippen MR) is 106 cm³/mol. The van der Waals surface area contributed by atoms with Crippen molar-refractivity contribution in [3.05, 3.63) is 30.7 Å². The molecule has 1 fully saturated rings. The van der Waals surface area contributed by atoms with E-state index >= 15 is 0 Å². The summed E-state index contributed by atoms with van der Waals surface area (Å²) in [6, 6.07) is 5.40. The highest BCUT2D eigenvalue weighted by atomic mass is 16.7. The van der Waals surface area contributed by atoms with Gasteiger partial charge in [0.1, 0.15) is 12.1 Å². The normalized spacial score (nSPS) is 16.4. The summed E-state index contributed by atoms with van der Waals surface area (Å²) < 4.78 is 12.4. The summed E-state index contributed by atoms with van der Waals surface area (Å²) in [6.07, 6.45) is 3.38. The first-order valence-corrected chi connectivity index (χ1v) is 9.47. The standard InChI is InChI=1S/C19H21N7O3/c1-24-18-14(9-22-24)19(21-11-20-18)26-6-4-25(5-7-26)10-17(27)23-13-2-3-15-16(8-13)29-12-28-15/h2-3,8-9,11H,4-7,10,12H2,1H3,(H,23,27). The Balaban J connectivity index is 1.18. The van der Waals surface area contributed by atoms with Crippen LogP contribution in [0.4, 0.5) is 11.5 Å². The van der Waals surface area contributed by atoms with Crippen LogP contribution in [-0.4, -0.2) is 70.1 Å². The maximum atomic E-state index is 12.4. The number of hydrogen-bond donors (Lipinski definition) is 1. The minimum atomic E-state index is -0.0472. The molecule has 0 atom stereocenters. The molecule has 0 bridgehead atoms. The molecular weight excluding hydrogens is 374 g/mol. The van der Waals surface area contributed by atoms with Crippen molar-refractivity contribution in [2.24, 2.45) is 7.05 Å². The molecule has 0 saturated carbocycles. The third kappa shape index (κ3) is 3.42. The fourth-order valence-electron chi connectivity index (χ4n) is 3.70. The van der Waals surface area contributed by atoms with Crippen LogP contribution in [0.25, 0.3) is 11.0 Å². The van der Waals surface area contributed by atoms with E-state index < -0.39 is 0 Å². The van der Waals surface area contributed by atoms with Gasteiger partial charge in [0.15, 0.2) is 17.1 Å². The molecule has 3 aromatic rings. The molecule has 10 heteroatoms. The van der Waals surface area contributed by atoms with Gasteiger partial charge in [0, 0.05) is 45.0 Å². The van der Waals surface area contributed by atoms with Crippen LogP contribution < -0.4 is 19.7 Å². The number of ether oxygens (including phenoxy) is 2. The van der Waals surface area contributed by atoms with Gasteiger partial charge in [-0.2, -0.15) is 5.10 Å². The molecule has 1 amide bonds. The van der Waals surface area contributed by atoms with Gasteiger partial charge in [-0.3, -0.25) is 14.4 Å². The van der Waals surface area contributed by atoms with Crippen LogP contribution in [-0.2, 0) is 11.8 Å². The number of nitrogens with one attached hydrogen (secondary N) is 1. The first-order valence-electron chi connectivity index (χ1n) is 9.47. The summed E-state index contributed by atoms with van der Waals surface area (Å²) in [5, 5.41) is 8.15. The maximum Gasteiger partial charge on any atom is 0.238 e. The van der Waals surface area contributed by atoms with Crippen LogP contribution in [0.3, 0.4) is 0 Å². The molecule has 2 aromatic heterocycles. The molecule has 29 heavy (non-hydrogen) atoms. The van der Waals surface area contributed by atoms with Gasteiger partial charge in [-0.1, -0.05) is 0 Å². The highest BCUT2D eigenvalue weighted by Crippen LogP contribution is 2.34. The Hall–Kier alpha value is -3.40. The largest absolute Gasteiger partial charge is 0.454 e. The highest BCUT2D eigenvalue weighted by molar-refractivity contribution is 5.92. The third-order valence-corrected chi connectivity index (χ3v) is 5.20. The first-order chi connectivity index (χ1) is 14.2. The maximum absolute atomic E-state index is 12.4. The Labute approximate surface area is 167 Å². The number of carbonyl (C=O) groups is 1. The molecule has 1 aromatic carbocycles. The van der Waals surface area contributed by atoms with Crippen LogP contribution >= 0.6 is 0 Å². The number of rotatable bonds is 4. The Morgan fingerprint density at radius 3 is 2.83 bits per heavy atom. The minimum absolute atomic E-state index is 0.0472. The molecule has 10 nitrogen and oxygen atoms in total. The summed E-state index contributed by atoms with van der Waals surface area (Å²) in [4.78, 5) is 25.5. The van der Waals surface area contributed by atoms with E-state index in [4.69, 9.17) is 9.47 Å².